The highest BCUT2D eigenvalue weighted by Gasteiger charge is 2.13. The summed E-state index contributed by atoms with van der Waals surface area (Å²) in [7, 11) is 0. The van der Waals surface area contributed by atoms with Crippen molar-refractivity contribution in [3.8, 4) is 0 Å². The molecule has 0 fully saturated rings. The highest BCUT2D eigenvalue weighted by Crippen LogP contribution is 2.25. The van der Waals surface area contributed by atoms with E-state index < -0.39 is 0 Å². The van der Waals surface area contributed by atoms with Crippen molar-refractivity contribution in [1.29, 1.82) is 0 Å². The predicted molar refractivity (Wildman–Crippen MR) is 93.0 cm³/mol. The summed E-state index contributed by atoms with van der Waals surface area (Å²) < 4.78 is 1.78. The molecule has 0 unspecified atom stereocenters. The molecule has 0 heterocycles. The van der Waals surface area contributed by atoms with Crippen LogP contribution in [0, 0.1) is 0 Å². The maximum absolute atomic E-state index is 11.3. The van der Waals surface area contributed by atoms with Gasteiger partial charge < -0.3 is 5.32 Å². The molecule has 0 radical (unpaired) electrons. The van der Waals surface area contributed by atoms with E-state index in [2.05, 4.69) is 37.2 Å². The summed E-state index contributed by atoms with van der Waals surface area (Å²) in [6.45, 7) is 0. The SMILES string of the molecule is O=CN(C(=S)Nc1ccc(Br)cc1)c1ccccc1Br. The van der Waals surface area contributed by atoms with Gasteiger partial charge in [0.15, 0.2) is 5.11 Å². The minimum Gasteiger partial charge on any atom is -0.332 e. The van der Waals surface area contributed by atoms with Crippen LogP contribution in [0.5, 0.6) is 0 Å². The number of hydrogen-bond donors (Lipinski definition) is 1. The van der Waals surface area contributed by atoms with Gasteiger partial charge in [0.25, 0.3) is 0 Å². The minimum atomic E-state index is 0.314. The van der Waals surface area contributed by atoms with E-state index >= 15 is 0 Å². The molecule has 102 valence electrons. The smallest absolute Gasteiger partial charge is 0.220 e. The number of amides is 1. The fourth-order valence-corrected chi connectivity index (χ4v) is 2.58. The van der Waals surface area contributed by atoms with E-state index in [0.29, 0.717) is 17.2 Å². The average Bonchev–Trinajstić information content (AvgIpc) is 2.44. The first-order chi connectivity index (χ1) is 9.61. The van der Waals surface area contributed by atoms with Gasteiger partial charge in [0.2, 0.25) is 6.41 Å². The molecule has 0 spiro atoms. The second kappa shape index (κ2) is 6.97. The molecule has 0 bridgehead atoms. The summed E-state index contributed by atoms with van der Waals surface area (Å²) in [6.07, 6.45) is 0.689. The maximum Gasteiger partial charge on any atom is 0.220 e. The highest BCUT2D eigenvalue weighted by molar-refractivity contribution is 9.10. The highest BCUT2D eigenvalue weighted by atomic mass is 79.9. The number of para-hydroxylation sites is 1. The van der Waals surface area contributed by atoms with Gasteiger partial charge in [-0.05, 0) is 64.5 Å². The lowest BCUT2D eigenvalue weighted by Crippen LogP contribution is -2.33. The molecule has 20 heavy (non-hydrogen) atoms. The zero-order valence-corrected chi connectivity index (χ0v) is 14.2. The summed E-state index contributed by atoms with van der Waals surface area (Å²) >= 11 is 12.1. The molecule has 0 atom stereocenters. The molecule has 0 aliphatic heterocycles. The van der Waals surface area contributed by atoms with Gasteiger partial charge in [-0.15, -0.1) is 0 Å². The van der Waals surface area contributed by atoms with Crippen LogP contribution in [0.25, 0.3) is 0 Å². The molecule has 0 aliphatic carbocycles. The third kappa shape index (κ3) is 3.65. The normalized spacial score (nSPS) is 9.90. The summed E-state index contributed by atoms with van der Waals surface area (Å²) in [5, 5.41) is 3.34. The Bertz CT molecular complexity index is 631. The summed E-state index contributed by atoms with van der Waals surface area (Å²) in [6, 6.07) is 14.9. The molecular formula is C14H10Br2N2OS. The second-order valence-corrected chi connectivity index (χ2v) is 6.02. The third-order valence-electron chi connectivity index (χ3n) is 2.53. The van der Waals surface area contributed by atoms with Crippen LogP contribution >= 0.6 is 44.1 Å². The monoisotopic (exact) mass is 412 g/mol. The van der Waals surface area contributed by atoms with Gasteiger partial charge in [0.05, 0.1) is 5.69 Å². The van der Waals surface area contributed by atoms with E-state index in [0.717, 1.165) is 14.6 Å². The average molecular weight is 414 g/mol. The van der Waals surface area contributed by atoms with E-state index in [1.54, 1.807) is 0 Å². The zero-order valence-electron chi connectivity index (χ0n) is 10.2. The van der Waals surface area contributed by atoms with E-state index in [4.69, 9.17) is 12.2 Å². The molecule has 1 N–H and O–H groups in total. The van der Waals surface area contributed by atoms with Crippen molar-refractivity contribution in [1.82, 2.24) is 0 Å². The molecule has 2 aromatic rings. The van der Waals surface area contributed by atoms with Gasteiger partial charge in [-0.1, -0.05) is 28.1 Å². The molecule has 1 amide bonds. The van der Waals surface area contributed by atoms with E-state index in [9.17, 15) is 4.79 Å². The lowest BCUT2D eigenvalue weighted by molar-refractivity contribution is -0.106. The van der Waals surface area contributed by atoms with Crippen LogP contribution in [0.15, 0.2) is 57.5 Å². The first-order valence-electron chi connectivity index (χ1n) is 5.67. The molecule has 3 nitrogen and oxygen atoms in total. The molecule has 0 aromatic heterocycles. The number of anilines is 2. The maximum atomic E-state index is 11.3. The van der Waals surface area contributed by atoms with Crippen molar-refractivity contribution in [3.05, 3.63) is 57.5 Å². The third-order valence-corrected chi connectivity index (χ3v) is 4.03. The standard InChI is InChI=1S/C14H10Br2N2OS/c15-10-5-7-11(8-6-10)17-14(20)18(9-19)13-4-2-1-3-12(13)16/h1-9H,(H,17,20). The Labute approximate surface area is 139 Å². The van der Waals surface area contributed by atoms with Crippen molar-refractivity contribution in [2.45, 2.75) is 0 Å². The minimum absolute atomic E-state index is 0.314. The fraction of sp³-hybridized carbons (Fsp3) is 0. The molecule has 6 heteroatoms. The molecular weight excluding hydrogens is 404 g/mol. The second-order valence-electron chi connectivity index (χ2n) is 3.86. The quantitative estimate of drug-likeness (QED) is 0.590. The van der Waals surface area contributed by atoms with E-state index in [-0.39, 0.29) is 0 Å². The van der Waals surface area contributed by atoms with Crippen molar-refractivity contribution in [2.75, 3.05) is 10.2 Å². The van der Waals surface area contributed by atoms with Crippen LogP contribution in [0.3, 0.4) is 0 Å². The van der Waals surface area contributed by atoms with Crippen molar-refractivity contribution in [3.63, 3.8) is 0 Å². The van der Waals surface area contributed by atoms with Crippen molar-refractivity contribution < 1.29 is 4.79 Å². The first-order valence-corrected chi connectivity index (χ1v) is 7.67. The summed E-state index contributed by atoms with van der Waals surface area (Å²) in [5.41, 5.74) is 1.51. The zero-order chi connectivity index (χ0) is 14.5. The van der Waals surface area contributed by atoms with Crippen LogP contribution in [0.1, 0.15) is 0 Å². The number of nitrogens with one attached hydrogen (secondary N) is 1. The van der Waals surface area contributed by atoms with Crippen LogP contribution in [-0.2, 0) is 4.79 Å². The first kappa shape index (κ1) is 15.2. The summed E-state index contributed by atoms with van der Waals surface area (Å²) in [4.78, 5) is 12.7. The molecule has 0 aliphatic rings. The van der Waals surface area contributed by atoms with Gasteiger partial charge in [-0.25, -0.2) is 0 Å². The van der Waals surface area contributed by atoms with Gasteiger partial charge >= 0.3 is 0 Å². The molecule has 2 aromatic carbocycles. The molecule has 0 saturated heterocycles. The Morgan fingerprint density at radius 2 is 1.75 bits per heavy atom. The lowest BCUT2D eigenvalue weighted by atomic mass is 10.3. The number of hydrogen-bond acceptors (Lipinski definition) is 2. The predicted octanol–water partition coefficient (Wildman–Crippen LogP) is 4.57. The number of carbonyl (C=O) groups excluding carboxylic acids is 1. The van der Waals surface area contributed by atoms with Crippen LogP contribution in [-0.4, -0.2) is 11.5 Å². The van der Waals surface area contributed by atoms with Crippen molar-refractivity contribution in [2.24, 2.45) is 0 Å². The van der Waals surface area contributed by atoms with Crippen LogP contribution in [0.2, 0.25) is 0 Å². The van der Waals surface area contributed by atoms with Gasteiger partial charge in [-0.3, -0.25) is 9.69 Å². The number of halogens is 2. The van der Waals surface area contributed by atoms with Crippen LogP contribution < -0.4 is 10.2 Å². The summed E-state index contributed by atoms with van der Waals surface area (Å²) in [5.74, 6) is 0. The topological polar surface area (TPSA) is 32.3 Å². The number of benzene rings is 2. The Kier molecular flexibility index (Phi) is 5.28. The number of rotatable bonds is 3. The Morgan fingerprint density at radius 1 is 1.10 bits per heavy atom. The largest absolute Gasteiger partial charge is 0.332 e. The van der Waals surface area contributed by atoms with E-state index in [1.807, 2.05) is 48.5 Å². The van der Waals surface area contributed by atoms with Crippen LogP contribution in [0.4, 0.5) is 11.4 Å². The molecule has 0 saturated carbocycles. The van der Waals surface area contributed by atoms with E-state index in [1.165, 1.54) is 4.90 Å². The Hall–Kier alpha value is -1.24. The Balaban J connectivity index is 2.20. The number of nitrogens with zero attached hydrogens (tertiary/aromatic N) is 1. The van der Waals surface area contributed by atoms with Gasteiger partial charge in [0, 0.05) is 14.6 Å². The Morgan fingerprint density at radius 3 is 2.35 bits per heavy atom. The number of carbonyl (C=O) groups is 1. The lowest BCUT2D eigenvalue weighted by Gasteiger charge is -2.20. The number of thiocarbonyl (C=S) groups is 1. The van der Waals surface area contributed by atoms with Gasteiger partial charge in [0.1, 0.15) is 0 Å². The molecule has 2 rings (SSSR count). The fourth-order valence-electron chi connectivity index (χ4n) is 1.58. The van der Waals surface area contributed by atoms with Crippen molar-refractivity contribution >= 4 is 67.0 Å². The van der Waals surface area contributed by atoms with Gasteiger partial charge in [-0.2, -0.15) is 0 Å².